The van der Waals surface area contributed by atoms with Crippen LogP contribution >= 0.6 is 0 Å². The molecule has 0 radical (unpaired) electrons. The lowest BCUT2D eigenvalue weighted by molar-refractivity contribution is 0.0521. The summed E-state index contributed by atoms with van der Waals surface area (Å²) in [5, 5.41) is 3.70. The zero-order valence-electron chi connectivity index (χ0n) is 14.1. The number of nitrogens with zero attached hydrogens (tertiary/aromatic N) is 1. The summed E-state index contributed by atoms with van der Waals surface area (Å²) in [5.41, 5.74) is 2.46. The van der Waals surface area contributed by atoms with Crippen LogP contribution in [0.3, 0.4) is 0 Å². The van der Waals surface area contributed by atoms with Crippen LogP contribution in [-0.2, 0) is 4.74 Å². The second kappa shape index (κ2) is 7.13. The second-order valence-electron chi connectivity index (χ2n) is 5.52. The number of rotatable bonds is 4. The first-order valence-electron chi connectivity index (χ1n) is 8.04. The normalized spacial score (nSPS) is 10.5. The zero-order chi connectivity index (χ0) is 17.8. The van der Waals surface area contributed by atoms with Crippen LogP contribution in [0.4, 0.5) is 5.69 Å². The summed E-state index contributed by atoms with van der Waals surface area (Å²) in [6.07, 6.45) is 0. The highest BCUT2D eigenvalue weighted by Crippen LogP contribution is 2.28. The van der Waals surface area contributed by atoms with Gasteiger partial charge in [-0.2, -0.15) is 0 Å². The number of hydrogen-bond donors (Lipinski definition) is 1. The van der Waals surface area contributed by atoms with Gasteiger partial charge in [-0.05, 0) is 37.6 Å². The highest BCUT2D eigenvalue weighted by molar-refractivity contribution is 6.10. The van der Waals surface area contributed by atoms with E-state index in [9.17, 15) is 9.59 Å². The van der Waals surface area contributed by atoms with Gasteiger partial charge in [0.05, 0.1) is 17.8 Å². The number of benzene rings is 2. The molecule has 0 saturated carbocycles. The van der Waals surface area contributed by atoms with Crippen molar-refractivity contribution in [1.29, 1.82) is 0 Å². The first-order chi connectivity index (χ1) is 12.1. The molecule has 3 aromatic rings. The van der Waals surface area contributed by atoms with Crippen LogP contribution < -0.4 is 5.32 Å². The number of para-hydroxylation sites is 1. The summed E-state index contributed by atoms with van der Waals surface area (Å²) in [5.74, 6) is -0.856. The van der Waals surface area contributed by atoms with E-state index >= 15 is 0 Å². The third-order valence-electron chi connectivity index (χ3n) is 3.90. The smallest absolute Gasteiger partial charge is 0.359 e. The van der Waals surface area contributed by atoms with Crippen molar-refractivity contribution >= 4 is 28.5 Å². The third-order valence-corrected chi connectivity index (χ3v) is 3.90. The van der Waals surface area contributed by atoms with Gasteiger partial charge in [0, 0.05) is 10.9 Å². The van der Waals surface area contributed by atoms with Gasteiger partial charge in [0.1, 0.15) is 0 Å². The van der Waals surface area contributed by atoms with Crippen molar-refractivity contribution in [2.45, 2.75) is 13.8 Å². The van der Waals surface area contributed by atoms with Gasteiger partial charge in [-0.3, -0.25) is 4.79 Å². The van der Waals surface area contributed by atoms with Crippen LogP contribution in [0.2, 0.25) is 0 Å². The van der Waals surface area contributed by atoms with Crippen molar-refractivity contribution in [3.05, 3.63) is 71.4 Å². The summed E-state index contributed by atoms with van der Waals surface area (Å²) in [6.45, 7) is 3.82. The number of amides is 1. The minimum absolute atomic E-state index is 0.113. The molecule has 3 rings (SSSR count). The largest absolute Gasteiger partial charge is 0.461 e. The molecule has 2 aromatic carbocycles. The number of hydrogen-bond acceptors (Lipinski definition) is 4. The maximum Gasteiger partial charge on any atom is 0.359 e. The highest BCUT2D eigenvalue weighted by atomic mass is 16.5. The molecule has 0 atom stereocenters. The van der Waals surface area contributed by atoms with Gasteiger partial charge in [0.25, 0.3) is 5.91 Å². The van der Waals surface area contributed by atoms with E-state index in [0.717, 1.165) is 10.9 Å². The van der Waals surface area contributed by atoms with E-state index in [2.05, 4.69) is 10.3 Å². The lowest BCUT2D eigenvalue weighted by atomic mass is 10.1. The minimum Gasteiger partial charge on any atom is -0.461 e. The summed E-state index contributed by atoms with van der Waals surface area (Å²) >= 11 is 0. The van der Waals surface area contributed by atoms with Crippen molar-refractivity contribution in [3.63, 3.8) is 0 Å². The van der Waals surface area contributed by atoms with E-state index in [0.29, 0.717) is 16.8 Å². The average Bonchev–Trinajstić information content (AvgIpc) is 2.64. The Morgan fingerprint density at radius 2 is 1.72 bits per heavy atom. The molecule has 0 saturated heterocycles. The molecule has 0 aliphatic heterocycles. The van der Waals surface area contributed by atoms with Gasteiger partial charge < -0.3 is 10.1 Å². The van der Waals surface area contributed by atoms with Crippen LogP contribution in [0.1, 0.15) is 33.3 Å². The monoisotopic (exact) mass is 334 g/mol. The molecule has 1 N–H and O–H groups in total. The van der Waals surface area contributed by atoms with Crippen LogP contribution in [0.25, 0.3) is 10.9 Å². The summed E-state index contributed by atoms with van der Waals surface area (Å²) in [6, 6.07) is 16.3. The fraction of sp³-hybridized carbons (Fsp3) is 0.150. The van der Waals surface area contributed by atoms with Gasteiger partial charge in [0.2, 0.25) is 0 Å². The number of pyridine rings is 1. The number of nitrogens with one attached hydrogen (secondary N) is 1. The molecule has 0 aliphatic carbocycles. The van der Waals surface area contributed by atoms with Crippen molar-refractivity contribution < 1.29 is 14.3 Å². The van der Waals surface area contributed by atoms with Crippen molar-refractivity contribution in [2.75, 3.05) is 11.9 Å². The van der Waals surface area contributed by atoms with Gasteiger partial charge in [0.15, 0.2) is 5.69 Å². The standard InChI is InChI=1S/C20H18N2O3/c1-3-25-20(24)18-17(22-19(23)14-9-5-4-6-10-14)13(2)15-11-7-8-12-16(15)21-18/h4-12H,3H2,1-2H3,(H,22,23). The Balaban J connectivity index is 2.11. The molecule has 1 amide bonds. The minimum atomic E-state index is -0.556. The van der Waals surface area contributed by atoms with Gasteiger partial charge in [-0.1, -0.05) is 36.4 Å². The Hall–Kier alpha value is -3.21. The van der Waals surface area contributed by atoms with Crippen molar-refractivity contribution in [3.8, 4) is 0 Å². The Labute approximate surface area is 145 Å². The summed E-state index contributed by atoms with van der Waals surface area (Å²) in [7, 11) is 0. The molecule has 1 aromatic heterocycles. The Morgan fingerprint density at radius 1 is 1.04 bits per heavy atom. The molecule has 0 unspecified atom stereocenters. The van der Waals surface area contributed by atoms with E-state index in [1.807, 2.05) is 37.3 Å². The Kier molecular flexibility index (Phi) is 4.75. The lowest BCUT2D eigenvalue weighted by Gasteiger charge is -2.15. The molecule has 0 spiro atoms. The molecule has 0 bridgehead atoms. The zero-order valence-corrected chi connectivity index (χ0v) is 14.1. The number of fused-ring (bicyclic) bond motifs is 1. The Bertz CT molecular complexity index is 936. The van der Waals surface area contributed by atoms with Gasteiger partial charge in [-0.25, -0.2) is 9.78 Å². The molecule has 126 valence electrons. The van der Waals surface area contributed by atoms with Crippen LogP contribution in [0.5, 0.6) is 0 Å². The second-order valence-corrected chi connectivity index (χ2v) is 5.52. The quantitative estimate of drug-likeness (QED) is 0.733. The predicted octanol–water partition coefficient (Wildman–Crippen LogP) is 3.97. The molecule has 1 heterocycles. The molecule has 0 aliphatic rings. The van der Waals surface area contributed by atoms with Gasteiger partial charge in [-0.15, -0.1) is 0 Å². The number of aromatic nitrogens is 1. The highest BCUT2D eigenvalue weighted by Gasteiger charge is 2.21. The third kappa shape index (κ3) is 3.35. The first kappa shape index (κ1) is 16.6. The molecule has 0 fully saturated rings. The number of ether oxygens (including phenoxy) is 1. The van der Waals surface area contributed by atoms with Crippen LogP contribution in [-0.4, -0.2) is 23.5 Å². The van der Waals surface area contributed by atoms with Crippen LogP contribution in [0.15, 0.2) is 54.6 Å². The molecule has 5 heteroatoms. The van der Waals surface area contributed by atoms with Crippen LogP contribution in [0, 0.1) is 6.92 Å². The maximum absolute atomic E-state index is 12.5. The number of carbonyl (C=O) groups excluding carboxylic acids is 2. The fourth-order valence-corrected chi connectivity index (χ4v) is 2.65. The van der Waals surface area contributed by atoms with Crippen molar-refractivity contribution in [2.24, 2.45) is 0 Å². The molecular weight excluding hydrogens is 316 g/mol. The number of esters is 1. The summed E-state index contributed by atoms with van der Waals surface area (Å²) in [4.78, 5) is 29.3. The number of aryl methyl sites for hydroxylation is 1. The fourth-order valence-electron chi connectivity index (χ4n) is 2.65. The first-order valence-corrected chi connectivity index (χ1v) is 8.04. The van der Waals surface area contributed by atoms with Crippen molar-refractivity contribution in [1.82, 2.24) is 4.98 Å². The van der Waals surface area contributed by atoms with E-state index < -0.39 is 5.97 Å². The Morgan fingerprint density at radius 3 is 2.44 bits per heavy atom. The average molecular weight is 334 g/mol. The number of anilines is 1. The van der Waals surface area contributed by atoms with Gasteiger partial charge >= 0.3 is 5.97 Å². The molecule has 25 heavy (non-hydrogen) atoms. The maximum atomic E-state index is 12.5. The summed E-state index contributed by atoms with van der Waals surface area (Å²) < 4.78 is 5.11. The molecular formula is C20H18N2O3. The topological polar surface area (TPSA) is 68.3 Å². The predicted molar refractivity (Wildman–Crippen MR) is 96.8 cm³/mol. The lowest BCUT2D eigenvalue weighted by Crippen LogP contribution is -2.18. The number of carbonyl (C=O) groups is 2. The SMILES string of the molecule is CCOC(=O)c1nc2ccccc2c(C)c1NC(=O)c1ccccc1. The van der Waals surface area contributed by atoms with E-state index in [1.54, 1.807) is 31.2 Å². The van der Waals surface area contributed by atoms with E-state index in [4.69, 9.17) is 4.74 Å². The molecule has 5 nitrogen and oxygen atoms in total. The van der Waals surface area contributed by atoms with E-state index in [-0.39, 0.29) is 18.2 Å². The van der Waals surface area contributed by atoms with E-state index in [1.165, 1.54) is 0 Å².